The Hall–Kier alpha value is -3.55. The van der Waals surface area contributed by atoms with Gasteiger partial charge in [-0.15, -0.1) is 0 Å². The van der Waals surface area contributed by atoms with Crippen molar-refractivity contribution < 1.29 is 19.2 Å². The normalized spacial score (nSPS) is 16.1. The van der Waals surface area contributed by atoms with Gasteiger partial charge in [0.25, 0.3) is 5.69 Å². The third-order valence-corrected chi connectivity index (χ3v) is 5.54. The number of ether oxygens (including phenoxy) is 2. The van der Waals surface area contributed by atoms with Crippen LogP contribution in [0.15, 0.2) is 84.9 Å². The highest BCUT2D eigenvalue weighted by Crippen LogP contribution is 2.38. The van der Waals surface area contributed by atoms with E-state index in [1.807, 2.05) is 60.7 Å². The van der Waals surface area contributed by atoms with Crippen LogP contribution >= 0.6 is 0 Å². The van der Waals surface area contributed by atoms with Crippen molar-refractivity contribution in [2.45, 2.75) is 12.1 Å². The summed E-state index contributed by atoms with van der Waals surface area (Å²) in [4.78, 5) is 25.8. The molecule has 7 heteroatoms. The summed E-state index contributed by atoms with van der Waals surface area (Å²) in [7, 11) is 0. The number of hydrogen-bond donors (Lipinski definition) is 0. The van der Waals surface area contributed by atoms with Crippen LogP contribution in [0.5, 0.6) is 0 Å². The molecule has 3 aromatic rings. The van der Waals surface area contributed by atoms with Crippen LogP contribution in [0.1, 0.15) is 33.6 Å². The first-order valence-corrected chi connectivity index (χ1v) is 10.5. The second-order valence-corrected chi connectivity index (χ2v) is 7.54. The van der Waals surface area contributed by atoms with E-state index in [2.05, 4.69) is 4.90 Å². The average Bonchev–Trinajstić information content (AvgIpc) is 2.85. The van der Waals surface area contributed by atoms with Crippen molar-refractivity contribution in [1.82, 2.24) is 4.90 Å². The van der Waals surface area contributed by atoms with E-state index in [1.165, 1.54) is 24.3 Å². The lowest BCUT2D eigenvalue weighted by molar-refractivity contribution is -0.384. The highest BCUT2D eigenvalue weighted by molar-refractivity contribution is 5.89. The molecule has 0 bridgehead atoms. The van der Waals surface area contributed by atoms with Crippen molar-refractivity contribution in [2.24, 2.45) is 0 Å². The quantitative estimate of drug-likeness (QED) is 0.309. The molecular formula is C25H24N2O5. The van der Waals surface area contributed by atoms with Gasteiger partial charge in [-0.3, -0.25) is 15.0 Å². The highest BCUT2D eigenvalue weighted by atomic mass is 16.6. The first-order chi connectivity index (χ1) is 15.6. The molecule has 164 valence electrons. The van der Waals surface area contributed by atoms with Crippen molar-refractivity contribution in [1.29, 1.82) is 0 Å². The summed E-state index contributed by atoms with van der Waals surface area (Å²) >= 11 is 0. The maximum absolute atomic E-state index is 13.1. The van der Waals surface area contributed by atoms with E-state index >= 15 is 0 Å². The van der Waals surface area contributed by atoms with Crippen molar-refractivity contribution in [3.8, 4) is 0 Å². The molecule has 1 fully saturated rings. The van der Waals surface area contributed by atoms with Crippen molar-refractivity contribution in [3.05, 3.63) is 112 Å². The number of morpholine rings is 1. The number of nitro benzene ring substituents is 1. The fraction of sp³-hybridized carbons (Fsp3) is 0.240. The van der Waals surface area contributed by atoms with Gasteiger partial charge in [-0.2, -0.15) is 0 Å². The van der Waals surface area contributed by atoms with Crippen LogP contribution in [0.25, 0.3) is 0 Å². The fourth-order valence-corrected chi connectivity index (χ4v) is 3.94. The number of nitro groups is 1. The lowest BCUT2D eigenvalue weighted by atomic mass is 9.93. The standard InChI is InChI=1S/C25H24N2O5/c28-25(21-11-13-22(14-12-21)27(29)30)32-24(20-9-5-2-6-10-20)23(19-7-3-1-4-8-19)26-15-17-31-18-16-26/h1-14,23-24H,15-18H2/t23-,24-/m0/s1. The molecule has 0 amide bonds. The smallest absolute Gasteiger partial charge is 0.338 e. The van der Waals surface area contributed by atoms with E-state index in [0.29, 0.717) is 13.2 Å². The molecule has 0 aliphatic carbocycles. The van der Waals surface area contributed by atoms with Gasteiger partial charge >= 0.3 is 5.97 Å². The Labute approximate surface area is 186 Å². The predicted octanol–water partition coefficient (Wildman–Crippen LogP) is 4.57. The molecule has 7 nitrogen and oxygen atoms in total. The topological polar surface area (TPSA) is 81.9 Å². The molecular weight excluding hydrogens is 408 g/mol. The number of rotatable bonds is 7. The summed E-state index contributed by atoms with van der Waals surface area (Å²) in [6.07, 6.45) is -0.570. The van der Waals surface area contributed by atoms with Gasteiger partial charge in [0.2, 0.25) is 0 Å². The molecule has 2 atom stereocenters. The fourth-order valence-electron chi connectivity index (χ4n) is 3.94. The highest BCUT2D eigenvalue weighted by Gasteiger charge is 2.34. The van der Waals surface area contributed by atoms with Crippen LogP contribution in [-0.2, 0) is 9.47 Å². The van der Waals surface area contributed by atoms with E-state index in [0.717, 1.165) is 24.2 Å². The van der Waals surface area contributed by atoms with E-state index in [-0.39, 0.29) is 17.3 Å². The number of esters is 1. The second kappa shape index (κ2) is 10.2. The predicted molar refractivity (Wildman–Crippen MR) is 119 cm³/mol. The zero-order valence-corrected chi connectivity index (χ0v) is 17.5. The molecule has 0 spiro atoms. The van der Waals surface area contributed by atoms with Crippen LogP contribution in [0.3, 0.4) is 0 Å². The number of carbonyl (C=O) groups is 1. The van der Waals surface area contributed by atoms with Crippen molar-refractivity contribution in [2.75, 3.05) is 26.3 Å². The Morgan fingerprint density at radius 1 is 0.875 bits per heavy atom. The molecule has 4 rings (SSSR count). The lowest BCUT2D eigenvalue weighted by Gasteiger charge is -2.39. The van der Waals surface area contributed by atoms with E-state index in [4.69, 9.17) is 9.47 Å². The number of benzene rings is 3. The SMILES string of the molecule is O=C(O[C@@H](c1ccccc1)[C@H](c1ccccc1)N1CCOCC1)c1ccc([N+](=O)[O-])cc1. The summed E-state index contributed by atoms with van der Waals surface area (Å²) in [6, 6.07) is 24.9. The maximum Gasteiger partial charge on any atom is 0.338 e. The van der Waals surface area contributed by atoms with Gasteiger partial charge < -0.3 is 9.47 Å². The van der Waals surface area contributed by atoms with Crippen LogP contribution in [0.2, 0.25) is 0 Å². The molecule has 1 aliphatic heterocycles. The number of nitrogens with zero attached hydrogens (tertiary/aromatic N) is 2. The Bertz CT molecular complexity index is 1030. The van der Waals surface area contributed by atoms with Crippen LogP contribution in [0.4, 0.5) is 5.69 Å². The van der Waals surface area contributed by atoms with Crippen LogP contribution in [0, 0.1) is 10.1 Å². The maximum atomic E-state index is 13.1. The van der Waals surface area contributed by atoms with E-state index in [1.54, 1.807) is 0 Å². The Balaban J connectivity index is 1.70. The first-order valence-electron chi connectivity index (χ1n) is 10.5. The lowest BCUT2D eigenvalue weighted by Crippen LogP contribution is -2.42. The van der Waals surface area contributed by atoms with Gasteiger partial charge in [0.15, 0.2) is 0 Å². The third-order valence-electron chi connectivity index (χ3n) is 5.54. The third kappa shape index (κ3) is 5.01. The molecule has 3 aromatic carbocycles. The van der Waals surface area contributed by atoms with Crippen molar-refractivity contribution >= 4 is 11.7 Å². The Morgan fingerprint density at radius 2 is 1.44 bits per heavy atom. The zero-order valence-electron chi connectivity index (χ0n) is 17.5. The van der Waals surface area contributed by atoms with Gasteiger partial charge in [-0.1, -0.05) is 60.7 Å². The molecule has 1 heterocycles. The minimum atomic E-state index is -0.570. The molecule has 32 heavy (non-hydrogen) atoms. The number of non-ortho nitro benzene ring substituents is 1. The number of carbonyl (C=O) groups excluding carboxylic acids is 1. The monoisotopic (exact) mass is 432 g/mol. The Kier molecular flexibility index (Phi) is 6.89. The van der Waals surface area contributed by atoms with Crippen LogP contribution in [-0.4, -0.2) is 42.1 Å². The molecule has 0 N–H and O–H groups in total. The molecule has 0 radical (unpaired) electrons. The molecule has 1 aliphatic rings. The summed E-state index contributed by atoms with van der Waals surface area (Å²) in [5.74, 6) is -0.525. The second-order valence-electron chi connectivity index (χ2n) is 7.54. The minimum Gasteiger partial charge on any atom is -0.452 e. The number of hydrogen-bond acceptors (Lipinski definition) is 6. The molecule has 0 aromatic heterocycles. The molecule has 1 saturated heterocycles. The van der Waals surface area contributed by atoms with Crippen molar-refractivity contribution in [3.63, 3.8) is 0 Å². The summed E-state index contributed by atoms with van der Waals surface area (Å²) in [6.45, 7) is 2.66. The van der Waals surface area contributed by atoms with Gasteiger partial charge in [0, 0.05) is 25.2 Å². The Morgan fingerprint density at radius 3 is 2.00 bits per heavy atom. The minimum absolute atomic E-state index is 0.0726. The van der Waals surface area contributed by atoms with Crippen LogP contribution < -0.4 is 0 Å². The summed E-state index contributed by atoms with van der Waals surface area (Å²) in [5.41, 5.74) is 2.12. The zero-order chi connectivity index (χ0) is 22.3. The molecule has 0 saturated carbocycles. The summed E-state index contributed by atoms with van der Waals surface area (Å²) < 4.78 is 11.6. The largest absolute Gasteiger partial charge is 0.452 e. The van der Waals surface area contributed by atoms with Gasteiger partial charge in [0.1, 0.15) is 6.10 Å². The first kappa shape index (κ1) is 21.7. The molecule has 0 unspecified atom stereocenters. The van der Waals surface area contributed by atoms with E-state index in [9.17, 15) is 14.9 Å². The van der Waals surface area contributed by atoms with Gasteiger partial charge in [-0.25, -0.2) is 4.79 Å². The van der Waals surface area contributed by atoms with Gasteiger partial charge in [0.05, 0.1) is 29.7 Å². The summed E-state index contributed by atoms with van der Waals surface area (Å²) in [5, 5.41) is 10.9. The average molecular weight is 432 g/mol. The van der Waals surface area contributed by atoms with E-state index < -0.39 is 17.0 Å². The van der Waals surface area contributed by atoms with Gasteiger partial charge in [-0.05, 0) is 23.3 Å².